The van der Waals surface area contributed by atoms with Crippen molar-refractivity contribution < 1.29 is 9.84 Å². The van der Waals surface area contributed by atoms with E-state index in [1.807, 2.05) is 0 Å². The number of likely N-dealkylation sites (N-methyl/N-ethyl adjacent to an activating group) is 1. The number of fused-ring (bicyclic) bond motifs is 1. The summed E-state index contributed by atoms with van der Waals surface area (Å²) in [6.07, 6.45) is 5.42. The van der Waals surface area contributed by atoms with Crippen LogP contribution in [0.1, 0.15) is 54.0 Å². The van der Waals surface area contributed by atoms with E-state index in [1.165, 1.54) is 22.4 Å². The third-order valence-corrected chi connectivity index (χ3v) is 6.60. The minimum atomic E-state index is -0.541. The van der Waals surface area contributed by atoms with E-state index < -0.39 is 5.60 Å². The van der Waals surface area contributed by atoms with E-state index in [4.69, 9.17) is 4.74 Å². The molecule has 1 aromatic carbocycles. The molecule has 1 saturated carbocycles. The van der Waals surface area contributed by atoms with Crippen LogP contribution < -0.4 is 4.74 Å². The van der Waals surface area contributed by atoms with Crippen molar-refractivity contribution in [1.82, 2.24) is 4.90 Å². The van der Waals surface area contributed by atoms with Crippen molar-refractivity contribution in [3.05, 3.63) is 51.7 Å². The van der Waals surface area contributed by atoms with E-state index in [0.717, 1.165) is 44.5 Å². The Labute approximate surface area is 154 Å². The second-order valence-electron chi connectivity index (χ2n) is 7.64. The standard InChI is InChI=1S/C21H27NO2S/c1-22-13-16-12-17(24-15-18-6-5-11-25-18)7-8-19(16)20(14-22)21(23)9-3-2-4-10-21/h5-8,11-12,20,23H,2-4,9-10,13-15H2,1H3. The molecule has 2 aliphatic rings. The maximum absolute atomic E-state index is 11.3. The highest BCUT2D eigenvalue weighted by atomic mass is 32.1. The van der Waals surface area contributed by atoms with Crippen LogP contribution in [0.2, 0.25) is 0 Å². The van der Waals surface area contributed by atoms with Crippen LogP contribution in [0.5, 0.6) is 5.75 Å². The van der Waals surface area contributed by atoms with Gasteiger partial charge in [-0.15, -0.1) is 11.3 Å². The summed E-state index contributed by atoms with van der Waals surface area (Å²) in [4.78, 5) is 3.58. The molecule has 25 heavy (non-hydrogen) atoms. The van der Waals surface area contributed by atoms with Gasteiger partial charge >= 0.3 is 0 Å². The van der Waals surface area contributed by atoms with Gasteiger partial charge in [0, 0.05) is 23.9 Å². The summed E-state index contributed by atoms with van der Waals surface area (Å²) in [5, 5.41) is 13.4. The zero-order chi connectivity index (χ0) is 17.3. The fourth-order valence-electron chi connectivity index (χ4n) is 4.44. The van der Waals surface area contributed by atoms with Gasteiger partial charge in [-0.05, 0) is 54.6 Å². The number of ether oxygens (including phenoxy) is 1. The van der Waals surface area contributed by atoms with Gasteiger partial charge in [0.25, 0.3) is 0 Å². The van der Waals surface area contributed by atoms with Crippen molar-refractivity contribution >= 4 is 11.3 Å². The molecule has 4 heteroatoms. The molecule has 0 bridgehead atoms. The van der Waals surface area contributed by atoms with Gasteiger partial charge in [0.15, 0.2) is 0 Å². The molecular formula is C21H27NO2S. The zero-order valence-electron chi connectivity index (χ0n) is 14.9. The van der Waals surface area contributed by atoms with Crippen LogP contribution in [0.4, 0.5) is 0 Å². The van der Waals surface area contributed by atoms with E-state index in [1.54, 1.807) is 11.3 Å². The van der Waals surface area contributed by atoms with Gasteiger partial charge in [-0.3, -0.25) is 0 Å². The van der Waals surface area contributed by atoms with Gasteiger partial charge in [-0.2, -0.15) is 0 Å². The molecule has 3 nitrogen and oxygen atoms in total. The molecule has 1 aliphatic carbocycles. The fourth-order valence-corrected chi connectivity index (χ4v) is 5.05. The molecule has 1 N–H and O–H groups in total. The molecule has 2 heterocycles. The molecule has 1 unspecified atom stereocenters. The second kappa shape index (κ2) is 7.10. The third-order valence-electron chi connectivity index (χ3n) is 5.75. The first-order valence-electron chi connectivity index (χ1n) is 9.33. The maximum atomic E-state index is 11.3. The lowest BCUT2D eigenvalue weighted by Gasteiger charge is -2.44. The minimum absolute atomic E-state index is 0.216. The number of hydrogen-bond donors (Lipinski definition) is 1. The smallest absolute Gasteiger partial charge is 0.122 e. The Morgan fingerprint density at radius 2 is 2.08 bits per heavy atom. The first kappa shape index (κ1) is 17.1. The van der Waals surface area contributed by atoms with E-state index in [0.29, 0.717) is 6.61 Å². The highest BCUT2D eigenvalue weighted by Crippen LogP contribution is 2.44. The minimum Gasteiger partial charge on any atom is -0.488 e. The average Bonchev–Trinajstić information content (AvgIpc) is 3.13. The Morgan fingerprint density at radius 3 is 2.84 bits per heavy atom. The molecule has 2 aromatic rings. The van der Waals surface area contributed by atoms with Crippen LogP contribution in [0.15, 0.2) is 35.7 Å². The van der Waals surface area contributed by atoms with Crippen molar-refractivity contribution in [2.75, 3.05) is 13.6 Å². The van der Waals surface area contributed by atoms with Crippen LogP contribution in [-0.4, -0.2) is 29.2 Å². The predicted molar refractivity (Wildman–Crippen MR) is 102 cm³/mol. The monoisotopic (exact) mass is 357 g/mol. The number of rotatable bonds is 4. The molecule has 0 saturated heterocycles. The van der Waals surface area contributed by atoms with Crippen LogP contribution in [0.3, 0.4) is 0 Å². The summed E-state index contributed by atoms with van der Waals surface area (Å²) in [7, 11) is 2.15. The zero-order valence-corrected chi connectivity index (χ0v) is 15.7. The van der Waals surface area contributed by atoms with E-state index in [2.05, 4.69) is 47.7 Å². The Kier molecular flexibility index (Phi) is 4.85. The molecule has 4 rings (SSSR count). The predicted octanol–water partition coefficient (Wildman–Crippen LogP) is 4.55. The van der Waals surface area contributed by atoms with Gasteiger partial charge in [0.1, 0.15) is 12.4 Å². The lowest BCUT2D eigenvalue weighted by atomic mass is 9.70. The van der Waals surface area contributed by atoms with Crippen molar-refractivity contribution in [2.45, 2.75) is 56.8 Å². The topological polar surface area (TPSA) is 32.7 Å². The second-order valence-corrected chi connectivity index (χ2v) is 8.67. The molecular weight excluding hydrogens is 330 g/mol. The molecule has 1 fully saturated rings. The molecule has 1 aliphatic heterocycles. The Morgan fingerprint density at radius 1 is 1.24 bits per heavy atom. The number of nitrogens with zero attached hydrogens (tertiary/aromatic N) is 1. The highest BCUT2D eigenvalue weighted by Gasteiger charge is 2.41. The van der Waals surface area contributed by atoms with E-state index in [-0.39, 0.29) is 5.92 Å². The average molecular weight is 358 g/mol. The van der Waals surface area contributed by atoms with Gasteiger partial charge in [-0.25, -0.2) is 0 Å². The molecule has 0 spiro atoms. The van der Waals surface area contributed by atoms with Crippen molar-refractivity contribution in [3.63, 3.8) is 0 Å². The summed E-state index contributed by atoms with van der Waals surface area (Å²) in [5.41, 5.74) is 2.09. The normalized spacial score (nSPS) is 23.2. The van der Waals surface area contributed by atoms with E-state index in [9.17, 15) is 5.11 Å². The lowest BCUT2D eigenvalue weighted by molar-refractivity contribution is -0.0333. The fraction of sp³-hybridized carbons (Fsp3) is 0.524. The van der Waals surface area contributed by atoms with Crippen LogP contribution in [0.25, 0.3) is 0 Å². The highest BCUT2D eigenvalue weighted by molar-refractivity contribution is 7.09. The van der Waals surface area contributed by atoms with Crippen molar-refractivity contribution in [2.24, 2.45) is 0 Å². The summed E-state index contributed by atoms with van der Waals surface area (Å²) in [5.74, 6) is 1.14. The van der Waals surface area contributed by atoms with Crippen LogP contribution in [0, 0.1) is 0 Å². The molecule has 0 amide bonds. The Hall–Kier alpha value is -1.36. The maximum Gasteiger partial charge on any atom is 0.122 e. The summed E-state index contributed by atoms with van der Waals surface area (Å²) in [6, 6.07) is 10.6. The number of benzene rings is 1. The van der Waals surface area contributed by atoms with Crippen molar-refractivity contribution in [1.29, 1.82) is 0 Å². The SMILES string of the molecule is CN1Cc2cc(OCc3cccs3)ccc2C(C2(O)CCCCC2)C1. The summed E-state index contributed by atoms with van der Waals surface area (Å²) < 4.78 is 5.99. The molecule has 134 valence electrons. The number of hydrogen-bond acceptors (Lipinski definition) is 4. The van der Waals surface area contributed by atoms with Gasteiger partial charge in [-0.1, -0.05) is 31.4 Å². The van der Waals surface area contributed by atoms with Gasteiger partial charge in [0.2, 0.25) is 0 Å². The Bertz CT molecular complexity index is 707. The third kappa shape index (κ3) is 3.62. The first-order chi connectivity index (χ1) is 12.1. The largest absolute Gasteiger partial charge is 0.488 e. The van der Waals surface area contributed by atoms with Crippen LogP contribution >= 0.6 is 11.3 Å². The first-order valence-corrected chi connectivity index (χ1v) is 10.2. The Balaban J connectivity index is 1.56. The quantitative estimate of drug-likeness (QED) is 0.871. The number of aliphatic hydroxyl groups is 1. The molecule has 1 aromatic heterocycles. The van der Waals surface area contributed by atoms with Crippen molar-refractivity contribution in [3.8, 4) is 5.75 Å². The molecule has 1 atom stereocenters. The van der Waals surface area contributed by atoms with E-state index >= 15 is 0 Å². The van der Waals surface area contributed by atoms with Crippen LogP contribution in [-0.2, 0) is 13.2 Å². The lowest BCUT2D eigenvalue weighted by Crippen LogP contribution is -2.46. The molecule has 0 radical (unpaired) electrons. The van der Waals surface area contributed by atoms with Gasteiger partial charge in [0.05, 0.1) is 5.60 Å². The summed E-state index contributed by atoms with van der Waals surface area (Å²) in [6.45, 7) is 2.50. The summed E-state index contributed by atoms with van der Waals surface area (Å²) >= 11 is 1.72. The van der Waals surface area contributed by atoms with Gasteiger partial charge < -0.3 is 14.7 Å². The number of thiophene rings is 1.